The lowest BCUT2D eigenvalue weighted by Gasteiger charge is -2.11. The number of H-pyrrole nitrogens is 2. The Labute approximate surface area is 205 Å². The maximum Gasteiger partial charge on any atom is 0.330 e. The van der Waals surface area contributed by atoms with Crippen LogP contribution in [0.25, 0.3) is 33.7 Å². The summed E-state index contributed by atoms with van der Waals surface area (Å²) in [7, 11) is 1.57. The van der Waals surface area contributed by atoms with Crippen molar-refractivity contribution in [3.8, 4) is 22.5 Å². The average molecular weight is 487 g/mol. The lowest BCUT2D eigenvalue weighted by atomic mass is 9.98. The van der Waals surface area contributed by atoms with Gasteiger partial charge in [-0.25, -0.2) is 14.9 Å². The molecule has 0 radical (unpaired) electrons. The van der Waals surface area contributed by atoms with Crippen LogP contribution in [0.2, 0.25) is 0 Å². The van der Waals surface area contributed by atoms with Gasteiger partial charge < -0.3 is 9.30 Å². The summed E-state index contributed by atoms with van der Waals surface area (Å²) in [5, 5.41) is 14.2. The zero-order valence-corrected chi connectivity index (χ0v) is 20.1. The van der Waals surface area contributed by atoms with E-state index >= 15 is 0 Å². The molecule has 5 aromatic rings. The number of hydrogen-bond acceptors (Lipinski definition) is 7. The van der Waals surface area contributed by atoms with Gasteiger partial charge in [-0.2, -0.15) is 0 Å². The molecule has 0 unspecified atom stereocenters. The number of hydrogen-bond donors (Lipinski definition) is 2. The van der Waals surface area contributed by atoms with Crippen molar-refractivity contribution in [2.24, 2.45) is 0 Å². The lowest BCUT2D eigenvalue weighted by Crippen LogP contribution is -2.32. The normalized spacial score (nSPS) is 11.4. The highest BCUT2D eigenvalue weighted by molar-refractivity contribution is 5.80. The zero-order chi connectivity index (χ0) is 25.1. The van der Waals surface area contributed by atoms with Crippen LogP contribution in [0.4, 0.5) is 0 Å². The number of methoxy groups -OCH3 is 1. The highest BCUT2D eigenvalue weighted by atomic mass is 16.5. The Morgan fingerprint density at radius 1 is 1.00 bits per heavy atom. The third-order valence-electron chi connectivity index (χ3n) is 6.09. The molecular weight excluding hydrogens is 460 g/mol. The Kier molecular flexibility index (Phi) is 6.54. The number of imidazole rings is 1. The van der Waals surface area contributed by atoms with E-state index in [4.69, 9.17) is 9.72 Å². The first-order chi connectivity index (χ1) is 17.6. The highest BCUT2D eigenvalue weighted by Crippen LogP contribution is 2.30. The first-order valence-corrected chi connectivity index (χ1v) is 11.7. The largest absolute Gasteiger partial charge is 0.383 e. The fourth-order valence-corrected chi connectivity index (χ4v) is 4.38. The van der Waals surface area contributed by atoms with E-state index in [0.29, 0.717) is 43.1 Å². The SMILES string of the molecule is CCCc1nc2c(c(=O)[nH]c(=O)n2CCOC)n1Cc1ccc(-c2ccccc2-c2nnn[nH]2)cc1. The third kappa shape index (κ3) is 4.36. The van der Waals surface area contributed by atoms with Gasteiger partial charge in [-0.3, -0.25) is 14.3 Å². The molecule has 184 valence electrons. The molecule has 0 bridgehead atoms. The first-order valence-electron chi connectivity index (χ1n) is 11.7. The van der Waals surface area contributed by atoms with Gasteiger partial charge >= 0.3 is 5.69 Å². The Morgan fingerprint density at radius 2 is 1.78 bits per heavy atom. The molecule has 0 amide bonds. The topological polar surface area (TPSA) is 136 Å². The number of aromatic nitrogens is 8. The van der Waals surface area contributed by atoms with E-state index in [0.717, 1.165) is 34.5 Å². The van der Waals surface area contributed by atoms with Crippen LogP contribution >= 0.6 is 0 Å². The average Bonchev–Trinajstić information content (AvgIpc) is 3.54. The molecule has 2 aromatic carbocycles. The van der Waals surface area contributed by atoms with Crippen molar-refractivity contribution in [3.05, 3.63) is 80.8 Å². The van der Waals surface area contributed by atoms with E-state index in [1.165, 1.54) is 4.57 Å². The van der Waals surface area contributed by atoms with Crippen molar-refractivity contribution in [1.29, 1.82) is 0 Å². The number of nitrogens with one attached hydrogen (secondary N) is 2. The summed E-state index contributed by atoms with van der Waals surface area (Å²) in [6.45, 7) is 3.15. The Morgan fingerprint density at radius 3 is 2.47 bits per heavy atom. The Bertz CT molecular complexity index is 1600. The number of tetrazole rings is 1. The highest BCUT2D eigenvalue weighted by Gasteiger charge is 2.18. The van der Waals surface area contributed by atoms with Crippen molar-refractivity contribution in [2.45, 2.75) is 32.9 Å². The van der Waals surface area contributed by atoms with Crippen LogP contribution in [-0.2, 0) is 24.2 Å². The summed E-state index contributed by atoms with van der Waals surface area (Å²) < 4.78 is 8.51. The van der Waals surface area contributed by atoms with Crippen molar-refractivity contribution in [2.75, 3.05) is 13.7 Å². The van der Waals surface area contributed by atoms with Crippen LogP contribution in [0.1, 0.15) is 24.7 Å². The maximum absolute atomic E-state index is 12.9. The number of aryl methyl sites for hydroxylation is 1. The molecule has 3 heterocycles. The minimum Gasteiger partial charge on any atom is -0.383 e. The molecule has 0 saturated heterocycles. The second-order valence-corrected chi connectivity index (χ2v) is 8.43. The molecule has 0 saturated carbocycles. The fourth-order valence-electron chi connectivity index (χ4n) is 4.38. The molecule has 36 heavy (non-hydrogen) atoms. The van der Waals surface area contributed by atoms with Gasteiger partial charge in [0.05, 0.1) is 13.2 Å². The maximum atomic E-state index is 12.9. The van der Waals surface area contributed by atoms with Gasteiger partial charge in [-0.1, -0.05) is 55.5 Å². The van der Waals surface area contributed by atoms with E-state index in [1.54, 1.807) is 7.11 Å². The van der Waals surface area contributed by atoms with Gasteiger partial charge in [0.15, 0.2) is 17.0 Å². The third-order valence-corrected chi connectivity index (χ3v) is 6.09. The Hall–Kier alpha value is -4.38. The van der Waals surface area contributed by atoms with E-state index in [1.807, 2.05) is 53.1 Å². The standard InChI is InChI=1S/C25H26N8O3/c1-3-6-20-26-23-21(24(34)27-25(35)32(23)13-14-36-2)33(20)15-16-9-11-17(12-10-16)18-7-4-5-8-19(18)22-28-30-31-29-22/h4-5,7-12H,3,6,13-15H2,1-2H3,(H,27,34,35)(H,28,29,30,31). The van der Waals surface area contributed by atoms with Crippen LogP contribution in [0, 0.1) is 0 Å². The van der Waals surface area contributed by atoms with Gasteiger partial charge in [0, 0.05) is 25.6 Å². The van der Waals surface area contributed by atoms with Gasteiger partial charge in [0.2, 0.25) is 0 Å². The Balaban J connectivity index is 1.53. The fraction of sp³-hybridized carbons (Fsp3) is 0.280. The monoisotopic (exact) mass is 486 g/mol. The molecule has 0 aliphatic carbocycles. The molecule has 11 heteroatoms. The van der Waals surface area contributed by atoms with E-state index in [-0.39, 0.29) is 0 Å². The number of nitrogens with zero attached hydrogens (tertiary/aromatic N) is 6. The van der Waals surface area contributed by atoms with Crippen molar-refractivity contribution in [1.82, 2.24) is 39.7 Å². The summed E-state index contributed by atoms with van der Waals surface area (Å²) in [4.78, 5) is 32.5. The van der Waals surface area contributed by atoms with Crippen molar-refractivity contribution in [3.63, 3.8) is 0 Å². The van der Waals surface area contributed by atoms with E-state index in [9.17, 15) is 9.59 Å². The number of rotatable bonds is 9. The minimum atomic E-state index is -0.484. The molecule has 3 aromatic heterocycles. The van der Waals surface area contributed by atoms with Gasteiger partial charge in [0.1, 0.15) is 5.82 Å². The number of aromatic amines is 2. The summed E-state index contributed by atoms with van der Waals surface area (Å²) in [6.07, 6.45) is 1.54. The quantitative estimate of drug-likeness (QED) is 0.326. The van der Waals surface area contributed by atoms with E-state index in [2.05, 4.69) is 32.5 Å². The molecule has 0 atom stereocenters. The second-order valence-electron chi connectivity index (χ2n) is 8.43. The van der Waals surface area contributed by atoms with E-state index < -0.39 is 11.2 Å². The molecule has 5 rings (SSSR count). The summed E-state index contributed by atoms with van der Waals surface area (Å²) in [5.41, 5.74) is 3.77. The van der Waals surface area contributed by atoms with Crippen LogP contribution in [0.3, 0.4) is 0 Å². The zero-order valence-electron chi connectivity index (χ0n) is 20.1. The molecule has 0 aliphatic rings. The van der Waals surface area contributed by atoms with Crippen LogP contribution < -0.4 is 11.2 Å². The second kappa shape index (κ2) is 10.1. The summed E-state index contributed by atoms with van der Waals surface area (Å²) in [5.74, 6) is 1.37. The van der Waals surface area contributed by atoms with Crippen LogP contribution in [0.15, 0.2) is 58.1 Å². The smallest absolute Gasteiger partial charge is 0.330 e. The molecule has 0 aliphatic heterocycles. The predicted octanol–water partition coefficient (Wildman–Crippen LogP) is 2.38. The molecular formula is C25H26N8O3. The molecule has 2 N–H and O–H groups in total. The van der Waals surface area contributed by atoms with Crippen LogP contribution in [-0.4, -0.2) is 53.4 Å². The van der Waals surface area contributed by atoms with Crippen LogP contribution in [0.5, 0.6) is 0 Å². The predicted molar refractivity (Wildman–Crippen MR) is 135 cm³/mol. The van der Waals surface area contributed by atoms with Gasteiger partial charge in [0.25, 0.3) is 5.56 Å². The van der Waals surface area contributed by atoms with Gasteiger partial charge in [-0.15, -0.1) is 5.10 Å². The minimum absolute atomic E-state index is 0.306. The van der Waals surface area contributed by atoms with Gasteiger partial charge in [-0.05, 0) is 33.5 Å². The number of fused-ring (bicyclic) bond motifs is 1. The number of ether oxygens (including phenoxy) is 1. The first kappa shape index (κ1) is 23.4. The molecule has 11 nitrogen and oxygen atoms in total. The van der Waals surface area contributed by atoms with Crippen molar-refractivity contribution >= 4 is 11.2 Å². The molecule has 0 spiro atoms. The summed E-state index contributed by atoms with van der Waals surface area (Å²) in [6, 6.07) is 16.0. The number of benzene rings is 2. The van der Waals surface area contributed by atoms with Crippen molar-refractivity contribution < 1.29 is 4.74 Å². The molecule has 0 fully saturated rings. The lowest BCUT2D eigenvalue weighted by molar-refractivity contribution is 0.187. The summed E-state index contributed by atoms with van der Waals surface area (Å²) >= 11 is 0.